The van der Waals surface area contributed by atoms with Gasteiger partial charge in [0.1, 0.15) is 11.4 Å². The molecule has 5 rings (SSSR count). The Morgan fingerprint density at radius 1 is 1.15 bits per heavy atom. The maximum absolute atomic E-state index is 13.0. The van der Waals surface area contributed by atoms with Gasteiger partial charge in [0.2, 0.25) is 0 Å². The maximum atomic E-state index is 13.0. The number of pyridine rings is 1. The molecule has 0 aliphatic carbocycles. The minimum absolute atomic E-state index is 0.104. The van der Waals surface area contributed by atoms with Crippen molar-refractivity contribution in [3.05, 3.63) is 99.8 Å². The minimum Gasteiger partial charge on any atom is -0.364 e. The van der Waals surface area contributed by atoms with E-state index in [0.717, 1.165) is 27.8 Å². The number of aryl methyl sites for hydroxylation is 1. The number of rotatable bonds is 8. The zero-order valence-corrected chi connectivity index (χ0v) is 18.6. The van der Waals surface area contributed by atoms with Crippen molar-refractivity contribution in [2.75, 3.05) is 18.0 Å². The lowest BCUT2D eigenvalue weighted by Crippen LogP contribution is -2.28. The number of anilines is 1. The summed E-state index contributed by atoms with van der Waals surface area (Å²) in [5.74, 6) is 0.467. The van der Waals surface area contributed by atoms with Crippen molar-refractivity contribution in [3.8, 4) is 17.1 Å². The number of imidazole rings is 2. The number of aromatic nitrogens is 5. The molecule has 5 aromatic rings. The van der Waals surface area contributed by atoms with Crippen LogP contribution >= 0.6 is 0 Å². The van der Waals surface area contributed by atoms with E-state index in [1.54, 1.807) is 18.7 Å². The van der Waals surface area contributed by atoms with Gasteiger partial charge in [-0.3, -0.25) is 4.79 Å². The van der Waals surface area contributed by atoms with Crippen molar-refractivity contribution in [2.24, 2.45) is 5.18 Å². The van der Waals surface area contributed by atoms with Crippen LogP contribution in [0.4, 0.5) is 5.69 Å². The molecule has 0 aliphatic heterocycles. The van der Waals surface area contributed by atoms with E-state index in [1.165, 1.54) is 0 Å². The van der Waals surface area contributed by atoms with Gasteiger partial charge in [-0.15, -0.1) is 0 Å². The lowest BCUT2D eigenvalue weighted by Gasteiger charge is -2.25. The molecule has 0 atom stereocenters. The van der Waals surface area contributed by atoms with E-state index in [-0.39, 0.29) is 12.1 Å². The van der Waals surface area contributed by atoms with Crippen molar-refractivity contribution in [3.63, 3.8) is 0 Å². The Hall–Kier alpha value is -4.53. The number of aromatic amines is 2. The molecule has 9 nitrogen and oxygen atoms in total. The third-order valence-electron chi connectivity index (χ3n) is 5.76. The Labute approximate surface area is 195 Å². The van der Waals surface area contributed by atoms with Crippen molar-refractivity contribution < 1.29 is 0 Å². The molecule has 0 saturated heterocycles. The summed E-state index contributed by atoms with van der Waals surface area (Å²) in [5, 5.41) is 3.04. The summed E-state index contributed by atoms with van der Waals surface area (Å²) in [6.07, 6.45) is 6.95. The summed E-state index contributed by atoms with van der Waals surface area (Å²) in [6.45, 7) is 2.99. The Kier molecular flexibility index (Phi) is 5.73. The van der Waals surface area contributed by atoms with Crippen LogP contribution in [0.3, 0.4) is 0 Å². The number of nitrogens with one attached hydrogen (secondary N) is 2. The summed E-state index contributed by atoms with van der Waals surface area (Å²) in [5.41, 5.74) is 5.43. The van der Waals surface area contributed by atoms with Gasteiger partial charge in [-0.25, -0.2) is 9.97 Å². The van der Waals surface area contributed by atoms with Crippen LogP contribution < -0.4 is 10.5 Å². The predicted molar refractivity (Wildman–Crippen MR) is 132 cm³/mol. The molecule has 2 N–H and O–H groups in total. The van der Waals surface area contributed by atoms with E-state index in [9.17, 15) is 9.70 Å². The van der Waals surface area contributed by atoms with Crippen LogP contribution in [-0.4, -0.2) is 37.6 Å². The molecule has 3 aromatic heterocycles. The fraction of sp³-hybridized carbons (Fsp3) is 0.160. The van der Waals surface area contributed by atoms with Gasteiger partial charge >= 0.3 is 0 Å². The summed E-state index contributed by atoms with van der Waals surface area (Å²) in [6, 6.07) is 15.7. The molecule has 0 amide bonds. The fourth-order valence-electron chi connectivity index (χ4n) is 4.16. The third-order valence-corrected chi connectivity index (χ3v) is 5.76. The summed E-state index contributed by atoms with van der Waals surface area (Å²) >= 11 is 0. The van der Waals surface area contributed by atoms with Crippen molar-refractivity contribution >= 4 is 16.7 Å². The molecule has 2 aromatic carbocycles. The molecule has 34 heavy (non-hydrogen) atoms. The first kappa shape index (κ1) is 21.3. The average Bonchev–Trinajstić information content (AvgIpc) is 3.53. The molecule has 0 radical (unpaired) electrons. The Balaban J connectivity index is 1.62. The van der Waals surface area contributed by atoms with Gasteiger partial charge in [0, 0.05) is 37.4 Å². The van der Waals surface area contributed by atoms with Crippen LogP contribution in [0.5, 0.6) is 0 Å². The Bertz CT molecular complexity index is 1490. The highest BCUT2D eigenvalue weighted by molar-refractivity contribution is 5.86. The zero-order valence-electron chi connectivity index (χ0n) is 18.6. The number of nitroso groups, excluding NO2 is 1. The highest BCUT2D eigenvalue weighted by Crippen LogP contribution is 2.30. The normalized spacial score (nSPS) is 11.1. The fourth-order valence-corrected chi connectivity index (χ4v) is 4.16. The second-order valence-electron chi connectivity index (χ2n) is 8.04. The van der Waals surface area contributed by atoms with Gasteiger partial charge in [0.25, 0.3) is 5.56 Å². The van der Waals surface area contributed by atoms with E-state index >= 15 is 0 Å². The summed E-state index contributed by atoms with van der Waals surface area (Å²) < 4.78 is 1.92. The largest absolute Gasteiger partial charge is 0.364 e. The van der Waals surface area contributed by atoms with Crippen molar-refractivity contribution in [2.45, 2.75) is 13.5 Å². The smallest absolute Gasteiger partial charge is 0.261 e. The molecular weight excluding hydrogens is 430 g/mol. The Morgan fingerprint density at radius 3 is 2.76 bits per heavy atom. The van der Waals surface area contributed by atoms with Crippen molar-refractivity contribution in [1.29, 1.82) is 0 Å². The molecule has 0 aliphatic rings. The van der Waals surface area contributed by atoms with Crippen LogP contribution in [0.2, 0.25) is 0 Å². The molecule has 0 unspecified atom stereocenters. The Morgan fingerprint density at radius 2 is 2.00 bits per heavy atom. The number of hydrogen-bond acceptors (Lipinski definition) is 6. The van der Waals surface area contributed by atoms with E-state index in [4.69, 9.17) is 4.98 Å². The summed E-state index contributed by atoms with van der Waals surface area (Å²) in [4.78, 5) is 41.0. The number of hydrogen-bond donors (Lipinski definition) is 2. The monoisotopic (exact) mass is 453 g/mol. The minimum atomic E-state index is -0.263. The van der Waals surface area contributed by atoms with E-state index in [0.29, 0.717) is 30.2 Å². The summed E-state index contributed by atoms with van der Waals surface area (Å²) in [7, 11) is 0. The lowest BCUT2D eigenvalue weighted by atomic mass is 10.1. The van der Waals surface area contributed by atoms with E-state index in [2.05, 4.69) is 20.1 Å². The van der Waals surface area contributed by atoms with Gasteiger partial charge in [-0.1, -0.05) is 35.5 Å². The zero-order chi connectivity index (χ0) is 23.5. The van der Waals surface area contributed by atoms with Crippen LogP contribution in [0.1, 0.15) is 11.1 Å². The standard InChI is InChI=1S/C25H23N7O2/c1-17-13-19(32-11-9-26-16-32)14-20-23(17)30-24(29-20)22-21(7-8-27-25(22)33)31(12-10-28-34)15-18-5-3-2-4-6-18/h2-9,11,13-14,16H,10,12,15H2,1H3,(H,27,33)(H,29,30). The lowest BCUT2D eigenvalue weighted by molar-refractivity contribution is 0.787. The van der Waals surface area contributed by atoms with Crippen LogP contribution in [0, 0.1) is 11.8 Å². The van der Waals surface area contributed by atoms with Gasteiger partial charge in [0.05, 0.1) is 29.6 Å². The quantitative estimate of drug-likeness (QED) is 0.342. The first-order valence-corrected chi connectivity index (χ1v) is 10.9. The molecule has 170 valence electrons. The van der Waals surface area contributed by atoms with Crippen molar-refractivity contribution in [1.82, 2.24) is 24.5 Å². The molecule has 0 spiro atoms. The first-order valence-electron chi connectivity index (χ1n) is 10.9. The highest BCUT2D eigenvalue weighted by atomic mass is 16.3. The maximum Gasteiger partial charge on any atom is 0.261 e. The van der Waals surface area contributed by atoms with E-state index < -0.39 is 0 Å². The number of nitrogens with zero attached hydrogens (tertiary/aromatic N) is 5. The van der Waals surface area contributed by atoms with E-state index in [1.807, 2.05) is 71.1 Å². The average molecular weight is 454 g/mol. The molecule has 3 heterocycles. The molecule has 0 bridgehead atoms. The van der Waals surface area contributed by atoms with Gasteiger partial charge in [-0.2, -0.15) is 4.91 Å². The first-order chi connectivity index (χ1) is 16.6. The predicted octanol–water partition coefficient (Wildman–Crippen LogP) is 4.19. The second kappa shape index (κ2) is 9.14. The van der Waals surface area contributed by atoms with Crippen LogP contribution in [-0.2, 0) is 6.54 Å². The topological polar surface area (TPSA) is 112 Å². The molecule has 9 heteroatoms. The van der Waals surface area contributed by atoms with Gasteiger partial charge < -0.3 is 19.4 Å². The SMILES string of the molecule is Cc1cc(-n2ccnc2)cc2[nH]c(-c3c(N(CCN=O)Cc4ccccc4)cc[nH]c3=O)nc12. The number of H-pyrrole nitrogens is 2. The molecule has 0 saturated carbocycles. The van der Waals surface area contributed by atoms with Gasteiger partial charge in [-0.05, 0) is 36.2 Å². The number of benzene rings is 2. The van der Waals surface area contributed by atoms with Gasteiger partial charge in [0.15, 0.2) is 0 Å². The second-order valence-corrected chi connectivity index (χ2v) is 8.04. The van der Waals surface area contributed by atoms with Crippen LogP contribution in [0.25, 0.3) is 28.1 Å². The molecule has 0 fully saturated rings. The highest BCUT2D eigenvalue weighted by Gasteiger charge is 2.20. The third kappa shape index (κ3) is 4.11. The number of fused-ring (bicyclic) bond motifs is 1. The van der Waals surface area contributed by atoms with Crippen LogP contribution in [0.15, 0.2) is 83.4 Å². The molecular formula is C25H23N7O2.